The van der Waals surface area contributed by atoms with Crippen molar-refractivity contribution in [2.45, 2.75) is 56.4 Å². The van der Waals surface area contributed by atoms with Gasteiger partial charge < -0.3 is 20.6 Å². The Morgan fingerprint density at radius 3 is 2.38 bits per heavy atom. The topological polar surface area (TPSA) is 98.7 Å². The van der Waals surface area contributed by atoms with Gasteiger partial charge in [0.15, 0.2) is 0 Å². The molecule has 0 radical (unpaired) electrons. The predicted molar refractivity (Wildman–Crippen MR) is 96.2 cm³/mol. The number of nitrogens with one attached hydrogen (secondary N) is 2. The minimum Gasteiger partial charge on any atom is -0.465 e. The summed E-state index contributed by atoms with van der Waals surface area (Å²) in [6.45, 7) is 0.452. The Kier molecular flexibility index (Phi) is 5.99. The lowest BCUT2D eigenvalue weighted by molar-refractivity contribution is -0.137. The van der Waals surface area contributed by atoms with E-state index >= 15 is 0 Å². The second-order valence-corrected chi connectivity index (χ2v) is 7.38. The van der Waals surface area contributed by atoms with Crippen LogP contribution in [0.4, 0.5) is 18.0 Å². The molecule has 0 bridgehead atoms. The van der Waals surface area contributed by atoms with Crippen molar-refractivity contribution in [2.24, 2.45) is 0 Å². The van der Waals surface area contributed by atoms with Crippen LogP contribution in [0.3, 0.4) is 0 Å². The Bertz CT molecular complexity index is 791. The van der Waals surface area contributed by atoms with E-state index in [1.807, 2.05) is 0 Å². The summed E-state index contributed by atoms with van der Waals surface area (Å²) in [6, 6.07) is 3.16. The van der Waals surface area contributed by atoms with Crippen LogP contribution in [-0.2, 0) is 11.0 Å². The molecule has 1 saturated carbocycles. The molecule has 1 aliphatic heterocycles. The number of benzene rings is 1. The molecule has 0 aromatic heterocycles. The maximum Gasteiger partial charge on any atom is 0.416 e. The first-order chi connectivity index (χ1) is 13.6. The molecule has 1 atom stereocenters. The zero-order valence-electron chi connectivity index (χ0n) is 15.5. The number of amides is 3. The highest BCUT2D eigenvalue weighted by Gasteiger charge is 2.38. The Morgan fingerprint density at radius 2 is 1.76 bits per heavy atom. The molecule has 3 rings (SSSR count). The van der Waals surface area contributed by atoms with Crippen LogP contribution in [0.5, 0.6) is 0 Å². The molecule has 10 heteroatoms. The Hall–Kier alpha value is -2.78. The molecular formula is C19H22F3N3O4. The smallest absolute Gasteiger partial charge is 0.416 e. The number of rotatable bonds is 4. The van der Waals surface area contributed by atoms with Crippen LogP contribution in [0.15, 0.2) is 24.3 Å². The van der Waals surface area contributed by atoms with Gasteiger partial charge in [-0.2, -0.15) is 13.2 Å². The number of nitrogens with zero attached hydrogens (tertiary/aromatic N) is 1. The van der Waals surface area contributed by atoms with Crippen molar-refractivity contribution in [3.63, 3.8) is 0 Å². The summed E-state index contributed by atoms with van der Waals surface area (Å²) in [4.78, 5) is 37.4. The number of hydrogen-bond acceptors (Lipinski definition) is 3. The molecule has 1 saturated heterocycles. The van der Waals surface area contributed by atoms with Gasteiger partial charge in [0.2, 0.25) is 5.91 Å². The molecule has 2 fully saturated rings. The Balaban J connectivity index is 1.57. The minimum absolute atomic E-state index is 0.0233. The second-order valence-electron chi connectivity index (χ2n) is 7.38. The average Bonchev–Trinajstić information content (AvgIpc) is 3.02. The van der Waals surface area contributed by atoms with Crippen LogP contribution >= 0.6 is 0 Å². The first-order valence-corrected chi connectivity index (χ1v) is 9.43. The fraction of sp³-hybridized carbons (Fsp3) is 0.526. The molecule has 3 N–H and O–H groups in total. The molecule has 1 aromatic rings. The molecule has 1 heterocycles. The summed E-state index contributed by atoms with van der Waals surface area (Å²) in [5, 5.41) is 13.8. The fourth-order valence-electron chi connectivity index (χ4n) is 3.98. The summed E-state index contributed by atoms with van der Waals surface area (Å²) in [5.74, 6) is -0.967. The lowest BCUT2D eigenvalue weighted by Crippen LogP contribution is -2.47. The van der Waals surface area contributed by atoms with Gasteiger partial charge in [0.1, 0.15) is 6.04 Å². The number of alkyl halides is 3. The largest absolute Gasteiger partial charge is 0.465 e. The molecule has 0 spiro atoms. The monoisotopic (exact) mass is 413 g/mol. The van der Waals surface area contributed by atoms with Gasteiger partial charge in [-0.15, -0.1) is 0 Å². The van der Waals surface area contributed by atoms with E-state index in [9.17, 15) is 27.6 Å². The van der Waals surface area contributed by atoms with Crippen molar-refractivity contribution in [2.75, 3.05) is 6.54 Å². The van der Waals surface area contributed by atoms with E-state index < -0.39 is 29.8 Å². The molecule has 3 amide bonds. The molecule has 7 nitrogen and oxygen atoms in total. The zero-order valence-corrected chi connectivity index (χ0v) is 15.5. The summed E-state index contributed by atoms with van der Waals surface area (Å²) in [7, 11) is 0. The third-order valence-electron chi connectivity index (χ3n) is 5.46. The van der Waals surface area contributed by atoms with Gasteiger partial charge in [0.05, 0.1) is 5.56 Å². The zero-order chi connectivity index (χ0) is 21.2. The number of hydrogen-bond donors (Lipinski definition) is 3. The normalized spacial score (nSPS) is 25.0. The van der Waals surface area contributed by atoms with Crippen LogP contribution < -0.4 is 10.6 Å². The Labute approximate surface area is 165 Å². The lowest BCUT2D eigenvalue weighted by atomic mass is 9.90. The SMILES string of the molecule is O=C(O)NC1CCC(N2CC[C@H](NC(=O)c3cccc(C(F)(F)F)c3)C2=O)CC1. The number of carbonyl (C=O) groups excluding carboxylic acids is 2. The lowest BCUT2D eigenvalue weighted by Gasteiger charge is -2.34. The van der Waals surface area contributed by atoms with Crippen molar-refractivity contribution >= 4 is 17.9 Å². The van der Waals surface area contributed by atoms with Crippen LogP contribution in [0.25, 0.3) is 0 Å². The number of likely N-dealkylation sites (tertiary alicyclic amines) is 1. The molecule has 29 heavy (non-hydrogen) atoms. The number of carboxylic acid groups (broad SMARTS) is 1. The van der Waals surface area contributed by atoms with Crippen molar-refractivity contribution in [3.8, 4) is 0 Å². The van der Waals surface area contributed by atoms with E-state index in [1.54, 1.807) is 4.90 Å². The van der Waals surface area contributed by atoms with Gasteiger partial charge in [-0.05, 0) is 50.3 Å². The van der Waals surface area contributed by atoms with Crippen LogP contribution in [-0.4, -0.2) is 52.6 Å². The maximum atomic E-state index is 12.8. The highest BCUT2D eigenvalue weighted by Crippen LogP contribution is 2.30. The van der Waals surface area contributed by atoms with Crippen molar-refractivity contribution < 1.29 is 32.7 Å². The molecular weight excluding hydrogens is 391 g/mol. The van der Waals surface area contributed by atoms with E-state index in [2.05, 4.69) is 10.6 Å². The van der Waals surface area contributed by atoms with Crippen molar-refractivity contribution in [1.29, 1.82) is 0 Å². The van der Waals surface area contributed by atoms with E-state index in [4.69, 9.17) is 5.11 Å². The first kappa shape index (κ1) is 20.9. The van der Waals surface area contributed by atoms with E-state index in [-0.39, 0.29) is 23.6 Å². The van der Waals surface area contributed by atoms with Gasteiger partial charge in [0.25, 0.3) is 5.91 Å². The van der Waals surface area contributed by atoms with E-state index in [0.717, 1.165) is 18.2 Å². The number of halogens is 3. The maximum absolute atomic E-state index is 12.8. The summed E-state index contributed by atoms with van der Waals surface area (Å²) in [6.07, 6.45) is -2.66. The molecule has 2 aliphatic rings. The summed E-state index contributed by atoms with van der Waals surface area (Å²) < 4.78 is 38.5. The fourth-order valence-corrected chi connectivity index (χ4v) is 3.98. The summed E-state index contributed by atoms with van der Waals surface area (Å²) in [5.41, 5.74) is -1.07. The average molecular weight is 413 g/mol. The molecule has 0 unspecified atom stereocenters. The Morgan fingerprint density at radius 1 is 1.07 bits per heavy atom. The van der Waals surface area contributed by atoms with Crippen LogP contribution in [0.2, 0.25) is 0 Å². The van der Waals surface area contributed by atoms with Crippen molar-refractivity contribution in [1.82, 2.24) is 15.5 Å². The summed E-state index contributed by atoms with van der Waals surface area (Å²) >= 11 is 0. The third-order valence-corrected chi connectivity index (χ3v) is 5.46. The van der Waals surface area contributed by atoms with Gasteiger partial charge in [-0.3, -0.25) is 9.59 Å². The molecule has 1 aromatic carbocycles. The van der Waals surface area contributed by atoms with Gasteiger partial charge in [-0.1, -0.05) is 6.07 Å². The first-order valence-electron chi connectivity index (χ1n) is 9.43. The standard InChI is InChI=1S/C19H22F3N3O4/c20-19(21,22)12-3-1-2-11(10-12)16(26)24-15-8-9-25(17(15)27)14-6-4-13(5-7-14)23-18(28)29/h1-3,10,13-15,23H,4-9H2,(H,24,26)(H,28,29)/t13?,14?,15-/m0/s1. The van der Waals surface area contributed by atoms with E-state index in [1.165, 1.54) is 6.07 Å². The van der Waals surface area contributed by atoms with Crippen LogP contribution in [0, 0.1) is 0 Å². The van der Waals surface area contributed by atoms with Gasteiger partial charge >= 0.3 is 12.3 Å². The minimum atomic E-state index is -4.55. The van der Waals surface area contributed by atoms with Gasteiger partial charge in [-0.25, -0.2) is 4.79 Å². The van der Waals surface area contributed by atoms with Crippen LogP contribution in [0.1, 0.15) is 48.0 Å². The third kappa shape index (κ3) is 4.99. The van der Waals surface area contributed by atoms with E-state index in [0.29, 0.717) is 38.6 Å². The molecule has 158 valence electrons. The highest BCUT2D eigenvalue weighted by atomic mass is 19.4. The van der Waals surface area contributed by atoms with Crippen molar-refractivity contribution in [3.05, 3.63) is 35.4 Å². The highest BCUT2D eigenvalue weighted by molar-refractivity contribution is 5.98. The molecule has 1 aliphatic carbocycles. The predicted octanol–water partition coefficient (Wildman–Crippen LogP) is 2.61. The second kappa shape index (κ2) is 8.30. The van der Waals surface area contributed by atoms with Gasteiger partial charge in [0, 0.05) is 24.2 Å². The number of carbonyl (C=O) groups is 3. The quantitative estimate of drug-likeness (QED) is 0.707.